The summed E-state index contributed by atoms with van der Waals surface area (Å²) in [5, 5.41) is 0. The monoisotopic (exact) mass is 282 g/mol. The molecule has 0 aromatic carbocycles. The van der Waals surface area contributed by atoms with Crippen molar-refractivity contribution in [3.63, 3.8) is 0 Å². The van der Waals surface area contributed by atoms with Crippen LogP contribution in [-0.4, -0.2) is 65.9 Å². The van der Waals surface area contributed by atoms with Gasteiger partial charge in [-0.1, -0.05) is 0 Å². The molecule has 0 bridgehead atoms. The molecule has 5 nitrogen and oxygen atoms in total. The summed E-state index contributed by atoms with van der Waals surface area (Å²) in [7, 11) is 1.86. The highest BCUT2D eigenvalue weighted by atomic mass is 16.6. The molecule has 0 N–H and O–H groups in total. The summed E-state index contributed by atoms with van der Waals surface area (Å²) >= 11 is 0. The van der Waals surface area contributed by atoms with Crippen LogP contribution in [0, 0.1) is 0 Å². The fourth-order valence-corrected chi connectivity index (χ4v) is 3.98. The van der Waals surface area contributed by atoms with E-state index in [1.807, 2.05) is 7.05 Å². The maximum atomic E-state index is 11.7. The normalized spacial score (nSPS) is 37.8. The number of nitrogens with zero attached hydrogens (tertiary/aromatic N) is 2. The minimum Gasteiger partial charge on any atom is -0.448 e. The van der Waals surface area contributed by atoms with E-state index in [4.69, 9.17) is 9.47 Å². The first-order valence-corrected chi connectivity index (χ1v) is 7.63. The number of hydrogen-bond acceptors (Lipinski definition) is 4. The van der Waals surface area contributed by atoms with Crippen LogP contribution < -0.4 is 0 Å². The van der Waals surface area contributed by atoms with Gasteiger partial charge in [0, 0.05) is 12.6 Å². The Labute approximate surface area is 121 Å². The fraction of sp³-hybridized carbons (Fsp3) is 0.933. The second kappa shape index (κ2) is 4.60. The van der Waals surface area contributed by atoms with Gasteiger partial charge in [0.1, 0.15) is 6.61 Å². The smallest absolute Gasteiger partial charge is 0.409 e. The second-order valence-corrected chi connectivity index (χ2v) is 7.45. The van der Waals surface area contributed by atoms with Crippen molar-refractivity contribution in [2.45, 2.75) is 63.3 Å². The molecule has 0 aliphatic carbocycles. The van der Waals surface area contributed by atoms with Crippen molar-refractivity contribution in [1.82, 2.24) is 9.80 Å². The number of carbonyl (C=O) groups is 1. The van der Waals surface area contributed by atoms with Crippen LogP contribution in [0.15, 0.2) is 0 Å². The number of fused-ring (bicyclic) bond motifs is 3. The Kier molecular flexibility index (Phi) is 3.25. The van der Waals surface area contributed by atoms with Gasteiger partial charge in [-0.15, -0.1) is 0 Å². The van der Waals surface area contributed by atoms with Gasteiger partial charge < -0.3 is 14.4 Å². The third-order valence-electron chi connectivity index (χ3n) is 5.02. The van der Waals surface area contributed by atoms with Gasteiger partial charge in [-0.05, 0) is 46.6 Å². The Morgan fingerprint density at radius 2 is 2.15 bits per heavy atom. The maximum absolute atomic E-state index is 11.7. The van der Waals surface area contributed by atoms with E-state index in [2.05, 4.69) is 25.7 Å². The lowest BCUT2D eigenvalue weighted by molar-refractivity contribution is -0.0601. The molecule has 114 valence electrons. The molecular weight excluding hydrogens is 256 g/mol. The summed E-state index contributed by atoms with van der Waals surface area (Å²) in [4.78, 5) is 16.1. The first-order valence-electron chi connectivity index (χ1n) is 7.63. The van der Waals surface area contributed by atoms with Crippen LogP contribution in [-0.2, 0) is 9.47 Å². The summed E-state index contributed by atoms with van der Waals surface area (Å²) < 4.78 is 11.4. The molecule has 5 heteroatoms. The SMILES string of the molecule is CN1C(=O)OCC2C1CC1(COC(C)(C)C)CCCN21. The molecule has 0 spiro atoms. The zero-order valence-corrected chi connectivity index (χ0v) is 13.0. The van der Waals surface area contributed by atoms with E-state index in [-0.39, 0.29) is 23.3 Å². The molecule has 3 aliphatic heterocycles. The second-order valence-electron chi connectivity index (χ2n) is 7.45. The zero-order valence-electron chi connectivity index (χ0n) is 13.0. The molecule has 3 fully saturated rings. The summed E-state index contributed by atoms with van der Waals surface area (Å²) in [6, 6.07) is 0.615. The molecule has 3 aliphatic rings. The van der Waals surface area contributed by atoms with Gasteiger partial charge in [0.25, 0.3) is 0 Å². The third kappa shape index (κ3) is 2.21. The molecule has 3 heterocycles. The minimum atomic E-state index is -0.181. The number of likely N-dealkylation sites (N-methyl/N-ethyl adjacent to an activating group) is 1. The quantitative estimate of drug-likeness (QED) is 0.775. The number of amides is 1. The lowest BCUT2D eigenvalue weighted by Gasteiger charge is -2.38. The molecular formula is C15H26N2O3. The van der Waals surface area contributed by atoms with Crippen molar-refractivity contribution in [1.29, 1.82) is 0 Å². The Morgan fingerprint density at radius 3 is 2.85 bits per heavy atom. The van der Waals surface area contributed by atoms with Crippen molar-refractivity contribution >= 4 is 6.09 Å². The van der Waals surface area contributed by atoms with Gasteiger partial charge in [-0.2, -0.15) is 0 Å². The summed E-state index contributed by atoms with van der Waals surface area (Å²) in [6.07, 6.45) is 3.21. The molecule has 0 aromatic rings. The lowest BCUT2D eigenvalue weighted by atomic mass is 9.92. The molecule has 20 heavy (non-hydrogen) atoms. The Morgan fingerprint density at radius 1 is 1.40 bits per heavy atom. The number of rotatable bonds is 2. The first-order chi connectivity index (χ1) is 9.32. The van der Waals surface area contributed by atoms with E-state index in [0.717, 1.165) is 26.0 Å². The molecule has 3 atom stereocenters. The summed E-state index contributed by atoms with van der Waals surface area (Å²) in [5.74, 6) is 0. The van der Waals surface area contributed by atoms with E-state index in [9.17, 15) is 4.79 Å². The molecule has 3 rings (SSSR count). The number of hydrogen-bond donors (Lipinski definition) is 0. The van der Waals surface area contributed by atoms with E-state index >= 15 is 0 Å². The highest BCUT2D eigenvalue weighted by Gasteiger charge is 2.57. The van der Waals surface area contributed by atoms with Gasteiger partial charge >= 0.3 is 6.09 Å². The van der Waals surface area contributed by atoms with Gasteiger partial charge in [-0.25, -0.2) is 4.79 Å². The lowest BCUT2D eigenvalue weighted by Crippen LogP contribution is -2.54. The number of carbonyl (C=O) groups excluding carboxylic acids is 1. The van der Waals surface area contributed by atoms with Crippen molar-refractivity contribution in [2.75, 3.05) is 26.8 Å². The van der Waals surface area contributed by atoms with Crippen molar-refractivity contribution in [2.24, 2.45) is 0 Å². The molecule has 0 aromatic heterocycles. The highest BCUT2D eigenvalue weighted by molar-refractivity contribution is 5.69. The predicted molar refractivity (Wildman–Crippen MR) is 75.7 cm³/mol. The first kappa shape index (κ1) is 14.1. The fourth-order valence-electron chi connectivity index (χ4n) is 3.98. The van der Waals surface area contributed by atoms with E-state index < -0.39 is 0 Å². The molecule has 3 unspecified atom stereocenters. The van der Waals surface area contributed by atoms with Gasteiger partial charge in [0.2, 0.25) is 0 Å². The largest absolute Gasteiger partial charge is 0.448 e. The van der Waals surface area contributed by atoms with Gasteiger partial charge in [0.05, 0.1) is 24.3 Å². The summed E-state index contributed by atoms with van der Waals surface area (Å²) in [6.45, 7) is 8.69. The topological polar surface area (TPSA) is 42.0 Å². The van der Waals surface area contributed by atoms with Crippen LogP contribution in [0.1, 0.15) is 40.0 Å². The number of ether oxygens (including phenoxy) is 2. The van der Waals surface area contributed by atoms with E-state index in [1.54, 1.807) is 4.90 Å². The number of cyclic esters (lactones) is 1. The molecule has 0 radical (unpaired) electrons. The van der Waals surface area contributed by atoms with Crippen molar-refractivity contribution in [3.8, 4) is 0 Å². The molecule has 3 saturated heterocycles. The zero-order chi connectivity index (χ0) is 14.5. The Hall–Kier alpha value is -0.810. The molecule has 1 amide bonds. The van der Waals surface area contributed by atoms with Gasteiger partial charge in [-0.3, -0.25) is 4.90 Å². The average molecular weight is 282 g/mol. The van der Waals surface area contributed by atoms with E-state index in [1.165, 1.54) is 6.42 Å². The predicted octanol–water partition coefficient (Wildman–Crippen LogP) is 1.86. The van der Waals surface area contributed by atoms with Crippen molar-refractivity contribution in [3.05, 3.63) is 0 Å². The van der Waals surface area contributed by atoms with E-state index in [0.29, 0.717) is 12.6 Å². The Balaban J connectivity index is 1.79. The third-order valence-corrected chi connectivity index (χ3v) is 5.02. The van der Waals surface area contributed by atoms with Crippen LogP contribution in [0.3, 0.4) is 0 Å². The maximum Gasteiger partial charge on any atom is 0.409 e. The molecule has 0 saturated carbocycles. The van der Waals surface area contributed by atoms with Crippen LogP contribution >= 0.6 is 0 Å². The van der Waals surface area contributed by atoms with Crippen LogP contribution in [0.25, 0.3) is 0 Å². The summed E-state index contributed by atoms with van der Waals surface area (Å²) in [5.41, 5.74) is -0.0140. The Bertz CT molecular complexity index is 406. The van der Waals surface area contributed by atoms with Crippen LogP contribution in [0.2, 0.25) is 0 Å². The average Bonchev–Trinajstić information content (AvgIpc) is 2.88. The highest BCUT2D eigenvalue weighted by Crippen LogP contribution is 2.45. The van der Waals surface area contributed by atoms with Gasteiger partial charge in [0.15, 0.2) is 0 Å². The van der Waals surface area contributed by atoms with Crippen LogP contribution in [0.4, 0.5) is 4.79 Å². The van der Waals surface area contributed by atoms with Crippen LogP contribution in [0.5, 0.6) is 0 Å². The standard InChI is InChI=1S/C15H26N2O3/c1-14(2,3)20-10-15-6-5-7-17(15)12-9-19-13(18)16(4)11(12)8-15/h11-12H,5-10H2,1-4H3. The van der Waals surface area contributed by atoms with Crippen molar-refractivity contribution < 1.29 is 14.3 Å². The minimum absolute atomic E-state index is 0.102.